The number of ether oxygens (including phenoxy) is 4. The van der Waals surface area contributed by atoms with Crippen LogP contribution in [0, 0.1) is 5.41 Å². The van der Waals surface area contributed by atoms with Gasteiger partial charge in [0.25, 0.3) is 0 Å². The summed E-state index contributed by atoms with van der Waals surface area (Å²) in [4.78, 5) is 21.3. The Morgan fingerprint density at radius 3 is 1.30 bits per heavy atom. The fraction of sp³-hybridized carbons (Fsp3) is 0.882. The molecular weight excluding hydrogens is 360 g/mol. The monoisotopic (exact) mass is 394 g/mol. The van der Waals surface area contributed by atoms with Gasteiger partial charge in [0.2, 0.25) is 0 Å². The minimum Gasteiger partial charge on any atom is -0.481 e. The number of nitrogens with two attached hydrogens (primary N) is 2. The van der Waals surface area contributed by atoms with Crippen molar-refractivity contribution >= 4 is 11.9 Å². The quantitative estimate of drug-likeness (QED) is 0.201. The summed E-state index contributed by atoms with van der Waals surface area (Å²) < 4.78 is 22.4. The molecule has 0 bridgehead atoms. The highest BCUT2D eigenvalue weighted by Gasteiger charge is 2.32. The number of aliphatic carboxylic acids is 2. The third kappa shape index (κ3) is 15.5. The smallest absolute Gasteiger partial charge is 0.305 e. The molecule has 0 aliphatic heterocycles. The van der Waals surface area contributed by atoms with Crippen molar-refractivity contribution in [2.75, 3.05) is 65.9 Å². The van der Waals surface area contributed by atoms with Crippen molar-refractivity contribution < 1.29 is 38.7 Å². The van der Waals surface area contributed by atoms with Crippen LogP contribution in [-0.4, -0.2) is 88.1 Å². The Morgan fingerprint density at radius 2 is 1.00 bits per heavy atom. The van der Waals surface area contributed by atoms with E-state index in [4.69, 9.17) is 40.6 Å². The van der Waals surface area contributed by atoms with E-state index in [1.165, 1.54) is 0 Å². The van der Waals surface area contributed by atoms with E-state index in [1.54, 1.807) is 0 Å². The van der Waals surface area contributed by atoms with Crippen LogP contribution in [0.3, 0.4) is 0 Å². The molecule has 0 aliphatic carbocycles. The molecule has 0 radical (unpaired) electrons. The van der Waals surface area contributed by atoms with E-state index in [1.807, 2.05) is 0 Å². The van der Waals surface area contributed by atoms with Crippen molar-refractivity contribution in [3.05, 3.63) is 0 Å². The Labute approximate surface area is 160 Å². The van der Waals surface area contributed by atoms with Gasteiger partial charge >= 0.3 is 11.9 Å². The molecule has 0 aromatic heterocycles. The molecule has 0 amide bonds. The zero-order valence-corrected chi connectivity index (χ0v) is 15.9. The molecular formula is C17H34N2O8. The number of carboxylic acid groups (broad SMARTS) is 2. The van der Waals surface area contributed by atoms with Crippen LogP contribution < -0.4 is 11.5 Å². The zero-order chi connectivity index (χ0) is 20.4. The lowest BCUT2D eigenvalue weighted by Crippen LogP contribution is -2.42. The van der Waals surface area contributed by atoms with Crippen LogP contribution in [0.4, 0.5) is 0 Å². The first-order valence-corrected chi connectivity index (χ1v) is 9.10. The van der Waals surface area contributed by atoms with Gasteiger partial charge < -0.3 is 40.6 Å². The third-order valence-corrected chi connectivity index (χ3v) is 3.54. The molecule has 0 saturated carbocycles. The summed E-state index contributed by atoms with van der Waals surface area (Å²) >= 11 is 0. The van der Waals surface area contributed by atoms with Gasteiger partial charge in [0.05, 0.1) is 57.9 Å². The van der Waals surface area contributed by atoms with Gasteiger partial charge in [-0.2, -0.15) is 0 Å². The predicted octanol–water partition coefficient (Wildman–Crippen LogP) is -0.314. The van der Waals surface area contributed by atoms with Crippen LogP contribution in [0.15, 0.2) is 0 Å². The molecule has 0 aromatic rings. The molecule has 160 valence electrons. The van der Waals surface area contributed by atoms with Crippen LogP contribution in [0.5, 0.6) is 0 Å². The average molecular weight is 394 g/mol. The summed E-state index contributed by atoms with van der Waals surface area (Å²) in [5, 5.41) is 17.5. The number of rotatable bonds is 20. The van der Waals surface area contributed by atoms with Crippen LogP contribution in [0.25, 0.3) is 0 Å². The standard InChI is InChI=1S/C17H34N2O8/c18-5-1-7-24-11-17(12-25-8-2-6-19,13-26-9-3-15(20)21)14-27-10-4-16(22)23/h1-14,18-19H2,(H,20,21)(H,22,23). The Bertz CT molecular complexity index is 359. The maximum absolute atomic E-state index is 10.7. The molecule has 0 heterocycles. The summed E-state index contributed by atoms with van der Waals surface area (Å²) in [5.74, 6) is -1.90. The zero-order valence-electron chi connectivity index (χ0n) is 15.9. The molecule has 0 spiro atoms. The van der Waals surface area contributed by atoms with Crippen molar-refractivity contribution in [1.82, 2.24) is 0 Å². The SMILES string of the molecule is NCCCOCC(COCCCN)(COCCC(=O)O)COCCC(=O)O. The van der Waals surface area contributed by atoms with Gasteiger partial charge in [-0.05, 0) is 25.9 Å². The summed E-state index contributed by atoms with van der Waals surface area (Å²) in [6, 6.07) is 0. The van der Waals surface area contributed by atoms with E-state index in [0.29, 0.717) is 39.1 Å². The molecule has 0 atom stereocenters. The molecule has 0 unspecified atom stereocenters. The summed E-state index contributed by atoms with van der Waals surface area (Å²) in [6.07, 6.45) is 1.17. The maximum atomic E-state index is 10.7. The maximum Gasteiger partial charge on any atom is 0.305 e. The molecule has 27 heavy (non-hydrogen) atoms. The first-order valence-electron chi connectivity index (χ1n) is 9.10. The van der Waals surface area contributed by atoms with Gasteiger partial charge in [-0.1, -0.05) is 0 Å². The fourth-order valence-corrected chi connectivity index (χ4v) is 2.09. The topological polar surface area (TPSA) is 164 Å². The van der Waals surface area contributed by atoms with E-state index < -0.39 is 17.4 Å². The summed E-state index contributed by atoms with van der Waals surface area (Å²) in [5.41, 5.74) is 10.3. The Morgan fingerprint density at radius 1 is 0.667 bits per heavy atom. The predicted molar refractivity (Wildman–Crippen MR) is 97.6 cm³/mol. The normalized spacial score (nSPS) is 11.6. The van der Waals surface area contributed by atoms with Crippen molar-refractivity contribution in [2.24, 2.45) is 16.9 Å². The number of carbonyl (C=O) groups is 2. The Balaban J connectivity index is 4.78. The molecule has 0 aliphatic rings. The highest BCUT2D eigenvalue weighted by atomic mass is 16.5. The molecule has 6 N–H and O–H groups in total. The van der Waals surface area contributed by atoms with E-state index in [9.17, 15) is 9.59 Å². The Hall–Kier alpha value is -1.30. The van der Waals surface area contributed by atoms with Crippen LogP contribution in [-0.2, 0) is 28.5 Å². The first-order chi connectivity index (χ1) is 13.0. The second-order valence-corrected chi connectivity index (χ2v) is 6.28. The van der Waals surface area contributed by atoms with Gasteiger partial charge in [-0.15, -0.1) is 0 Å². The molecule has 0 fully saturated rings. The van der Waals surface area contributed by atoms with E-state index in [0.717, 1.165) is 0 Å². The fourth-order valence-electron chi connectivity index (χ4n) is 2.09. The van der Waals surface area contributed by atoms with Gasteiger partial charge in [0.15, 0.2) is 0 Å². The molecule has 0 rings (SSSR count). The Kier molecular flexibility index (Phi) is 16.0. The largest absolute Gasteiger partial charge is 0.481 e. The van der Waals surface area contributed by atoms with E-state index in [-0.39, 0.29) is 52.5 Å². The highest BCUT2D eigenvalue weighted by molar-refractivity contribution is 5.67. The van der Waals surface area contributed by atoms with E-state index in [2.05, 4.69) is 0 Å². The lowest BCUT2D eigenvalue weighted by Gasteiger charge is -2.33. The van der Waals surface area contributed by atoms with Crippen molar-refractivity contribution in [3.63, 3.8) is 0 Å². The number of hydrogen-bond donors (Lipinski definition) is 4. The average Bonchev–Trinajstić information content (AvgIpc) is 2.62. The number of carboxylic acids is 2. The first kappa shape index (κ1) is 25.7. The molecule has 10 heteroatoms. The second-order valence-electron chi connectivity index (χ2n) is 6.28. The van der Waals surface area contributed by atoms with Crippen molar-refractivity contribution in [1.29, 1.82) is 0 Å². The van der Waals surface area contributed by atoms with Gasteiger partial charge in [-0.25, -0.2) is 0 Å². The van der Waals surface area contributed by atoms with E-state index >= 15 is 0 Å². The van der Waals surface area contributed by atoms with Gasteiger partial charge in [-0.3, -0.25) is 9.59 Å². The molecule has 0 aromatic carbocycles. The second kappa shape index (κ2) is 16.8. The van der Waals surface area contributed by atoms with Crippen LogP contribution >= 0.6 is 0 Å². The van der Waals surface area contributed by atoms with Crippen LogP contribution in [0.2, 0.25) is 0 Å². The number of hydrogen-bond acceptors (Lipinski definition) is 8. The van der Waals surface area contributed by atoms with Crippen LogP contribution in [0.1, 0.15) is 25.7 Å². The highest BCUT2D eigenvalue weighted by Crippen LogP contribution is 2.21. The minimum atomic E-state index is -0.948. The molecule has 0 saturated heterocycles. The summed E-state index contributed by atoms with van der Waals surface area (Å²) in [6.45, 7) is 2.89. The molecule has 10 nitrogen and oxygen atoms in total. The van der Waals surface area contributed by atoms with Crippen molar-refractivity contribution in [3.8, 4) is 0 Å². The van der Waals surface area contributed by atoms with Crippen molar-refractivity contribution in [2.45, 2.75) is 25.7 Å². The minimum absolute atomic E-state index is 0.0534. The summed E-state index contributed by atoms with van der Waals surface area (Å²) in [7, 11) is 0. The van der Waals surface area contributed by atoms with Gasteiger partial charge in [0, 0.05) is 13.2 Å². The third-order valence-electron chi connectivity index (χ3n) is 3.54. The van der Waals surface area contributed by atoms with Gasteiger partial charge in [0.1, 0.15) is 0 Å². The lowest BCUT2D eigenvalue weighted by molar-refractivity contribution is -0.140. The lowest BCUT2D eigenvalue weighted by atomic mass is 9.92.